The molecule has 6 heteroatoms. The van der Waals surface area contributed by atoms with Gasteiger partial charge >= 0.3 is 0 Å². The maximum atomic E-state index is 7.03. The van der Waals surface area contributed by atoms with Crippen LogP contribution in [0, 0.1) is 0 Å². The van der Waals surface area contributed by atoms with E-state index in [0.29, 0.717) is 26.4 Å². The van der Waals surface area contributed by atoms with Crippen molar-refractivity contribution < 1.29 is 23.4 Å². The first kappa shape index (κ1) is 30.6. The van der Waals surface area contributed by atoms with Gasteiger partial charge in [-0.25, -0.2) is 0 Å². The molecule has 0 bridgehead atoms. The summed E-state index contributed by atoms with van der Waals surface area (Å²) >= 11 is 0. The molecule has 1 heterocycles. The molecule has 1 saturated heterocycles. The van der Waals surface area contributed by atoms with E-state index in [9.17, 15) is 0 Å². The van der Waals surface area contributed by atoms with E-state index >= 15 is 0 Å². The first-order valence-electron chi connectivity index (χ1n) is 14.4. The van der Waals surface area contributed by atoms with Crippen molar-refractivity contribution in [2.45, 2.75) is 96.2 Å². The number of ether oxygens (including phenoxy) is 4. The topological polar surface area (TPSA) is 46.2 Å². The van der Waals surface area contributed by atoms with E-state index in [1.54, 1.807) is 0 Å². The minimum atomic E-state index is -2.14. The Morgan fingerprint density at radius 2 is 1.10 bits per heavy atom. The molecule has 0 spiro atoms. The summed E-state index contributed by atoms with van der Waals surface area (Å²) in [7, 11) is -2.14. The van der Waals surface area contributed by atoms with Gasteiger partial charge in [0, 0.05) is 0 Å². The summed E-state index contributed by atoms with van der Waals surface area (Å²) < 4.78 is 33.3. The highest BCUT2D eigenvalue weighted by Gasteiger charge is 2.50. The molecule has 3 aromatic rings. The van der Waals surface area contributed by atoms with E-state index in [2.05, 4.69) is 77.2 Å². The van der Waals surface area contributed by atoms with Crippen LogP contribution in [-0.2, 0) is 43.2 Å². The highest BCUT2D eigenvalue weighted by molar-refractivity contribution is 6.74. The zero-order valence-corrected chi connectivity index (χ0v) is 25.9. The molecule has 1 aliphatic rings. The summed E-state index contributed by atoms with van der Waals surface area (Å²) in [5.74, 6) is 0. The number of hydrogen-bond donors (Lipinski definition) is 0. The van der Waals surface area contributed by atoms with Crippen LogP contribution in [0.2, 0.25) is 18.1 Å². The molecular weight excluding hydrogens is 516 g/mol. The third-order valence-electron chi connectivity index (χ3n) is 8.07. The van der Waals surface area contributed by atoms with E-state index < -0.39 is 8.32 Å². The summed E-state index contributed by atoms with van der Waals surface area (Å²) in [5.41, 5.74) is 3.35. The molecule has 216 valence electrons. The van der Waals surface area contributed by atoms with Crippen LogP contribution >= 0.6 is 0 Å². The minimum absolute atomic E-state index is 0.0483. The minimum Gasteiger partial charge on any atom is -0.409 e. The summed E-state index contributed by atoms with van der Waals surface area (Å²) in [6.45, 7) is 15.3. The van der Waals surface area contributed by atoms with Crippen LogP contribution < -0.4 is 0 Å². The molecular formula is C34H46O5Si. The zero-order chi connectivity index (χ0) is 28.6. The molecule has 0 radical (unpaired) electrons. The van der Waals surface area contributed by atoms with Gasteiger partial charge < -0.3 is 23.4 Å². The third-order valence-corrected chi connectivity index (χ3v) is 12.5. The first-order chi connectivity index (χ1) is 19.1. The predicted octanol–water partition coefficient (Wildman–Crippen LogP) is 7.55. The van der Waals surface area contributed by atoms with Crippen LogP contribution in [0.4, 0.5) is 0 Å². The average Bonchev–Trinajstić information content (AvgIpc) is 2.94. The predicted molar refractivity (Wildman–Crippen MR) is 163 cm³/mol. The van der Waals surface area contributed by atoms with Crippen molar-refractivity contribution in [1.29, 1.82) is 0 Å². The smallest absolute Gasteiger partial charge is 0.192 e. The van der Waals surface area contributed by atoms with E-state index in [4.69, 9.17) is 23.4 Å². The molecule has 0 amide bonds. The molecule has 5 atom stereocenters. The molecule has 1 fully saturated rings. The molecule has 0 aliphatic carbocycles. The fraction of sp³-hybridized carbons (Fsp3) is 0.471. The monoisotopic (exact) mass is 562 g/mol. The normalized spacial score (nSPS) is 23.7. The van der Waals surface area contributed by atoms with E-state index in [1.807, 2.05) is 54.6 Å². The highest BCUT2D eigenvalue weighted by atomic mass is 28.4. The van der Waals surface area contributed by atoms with Gasteiger partial charge in [-0.2, -0.15) is 0 Å². The van der Waals surface area contributed by atoms with Gasteiger partial charge in [-0.05, 0) is 41.7 Å². The highest BCUT2D eigenvalue weighted by Crippen LogP contribution is 2.40. The van der Waals surface area contributed by atoms with Crippen molar-refractivity contribution in [3.8, 4) is 0 Å². The lowest BCUT2D eigenvalue weighted by molar-refractivity contribution is -0.254. The largest absolute Gasteiger partial charge is 0.409 e. The van der Waals surface area contributed by atoms with Crippen molar-refractivity contribution in [2.75, 3.05) is 6.61 Å². The van der Waals surface area contributed by atoms with Gasteiger partial charge in [-0.3, -0.25) is 0 Å². The fourth-order valence-electron chi connectivity index (χ4n) is 4.70. The summed E-state index contributed by atoms with van der Waals surface area (Å²) in [6, 6.07) is 30.7. The maximum absolute atomic E-state index is 7.03. The Labute approximate surface area is 241 Å². The van der Waals surface area contributed by atoms with Gasteiger partial charge in [0.25, 0.3) is 0 Å². The van der Waals surface area contributed by atoms with Crippen LogP contribution in [0.3, 0.4) is 0 Å². The quantitative estimate of drug-likeness (QED) is 0.213. The Hall–Kier alpha value is -2.32. The van der Waals surface area contributed by atoms with Crippen molar-refractivity contribution in [3.05, 3.63) is 108 Å². The second-order valence-electron chi connectivity index (χ2n) is 12.2. The molecule has 0 saturated carbocycles. The lowest BCUT2D eigenvalue weighted by Gasteiger charge is -2.49. The average molecular weight is 563 g/mol. The van der Waals surface area contributed by atoms with Crippen LogP contribution in [0.5, 0.6) is 0 Å². The third kappa shape index (κ3) is 8.35. The summed E-state index contributed by atoms with van der Waals surface area (Å²) in [5, 5.41) is 0.0483. The standard InChI is InChI=1S/C34H46O5Si/c1-26-31(39-40(5,6)34(2,3)4)33(37-24-29-20-14-9-15-21-29)32(36-23-28-18-12-8-13-19-28)30(38-26)25-35-22-27-16-10-7-11-17-27/h7-21,26,30-33H,22-25H2,1-6H3/t26-,30?,31?,32+,33?/m0/s1. The second-order valence-corrected chi connectivity index (χ2v) is 17.0. The number of benzene rings is 3. The van der Waals surface area contributed by atoms with E-state index in [1.165, 1.54) is 0 Å². The Kier molecular flexibility index (Phi) is 10.7. The molecule has 5 nitrogen and oxygen atoms in total. The Bertz CT molecular complexity index is 1130. The fourth-order valence-corrected chi connectivity index (χ4v) is 6.06. The van der Waals surface area contributed by atoms with Crippen molar-refractivity contribution >= 4 is 8.32 Å². The molecule has 3 unspecified atom stereocenters. The molecule has 0 aromatic heterocycles. The lowest BCUT2D eigenvalue weighted by atomic mass is 9.95. The second kappa shape index (κ2) is 14.0. The van der Waals surface area contributed by atoms with Gasteiger partial charge in [-0.15, -0.1) is 0 Å². The summed E-state index contributed by atoms with van der Waals surface area (Å²) in [6.07, 6.45) is -1.45. The van der Waals surface area contributed by atoms with Crippen LogP contribution in [0.15, 0.2) is 91.0 Å². The van der Waals surface area contributed by atoms with E-state index in [0.717, 1.165) is 16.7 Å². The number of hydrogen-bond acceptors (Lipinski definition) is 5. The van der Waals surface area contributed by atoms with Crippen molar-refractivity contribution in [3.63, 3.8) is 0 Å². The Balaban J connectivity index is 1.60. The van der Waals surface area contributed by atoms with Gasteiger partial charge in [0.2, 0.25) is 0 Å². The first-order valence-corrected chi connectivity index (χ1v) is 17.3. The molecule has 1 aliphatic heterocycles. The van der Waals surface area contributed by atoms with Crippen LogP contribution in [-0.4, -0.2) is 45.4 Å². The van der Waals surface area contributed by atoms with Gasteiger partial charge in [0.15, 0.2) is 8.32 Å². The summed E-state index contributed by atoms with van der Waals surface area (Å²) in [4.78, 5) is 0. The SMILES string of the molecule is C[C@@H]1OC(COCc2ccccc2)[C@@H](OCc2ccccc2)C(OCc2ccccc2)C1O[Si](C)(C)C(C)(C)C. The lowest BCUT2D eigenvalue weighted by Crippen LogP contribution is -2.63. The van der Waals surface area contributed by atoms with Crippen LogP contribution in [0.1, 0.15) is 44.4 Å². The van der Waals surface area contributed by atoms with Crippen molar-refractivity contribution in [1.82, 2.24) is 0 Å². The molecule has 40 heavy (non-hydrogen) atoms. The molecule has 3 aromatic carbocycles. The van der Waals surface area contributed by atoms with Crippen LogP contribution in [0.25, 0.3) is 0 Å². The van der Waals surface area contributed by atoms with E-state index in [-0.39, 0.29) is 35.6 Å². The Morgan fingerprint density at radius 1 is 0.650 bits per heavy atom. The maximum Gasteiger partial charge on any atom is 0.192 e. The van der Waals surface area contributed by atoms with Crippen molar-refractivity contribution in [2.24, 2.45) is 0 Å². The number of rotatable bonds is 12. The van der Waals surface area contributed by atoms with Gasteiger partial charge in [-0.1, -0.05) is 112 Å². The molecule has 4 rings (SSSR count). The zero-order valence-electron chi connectivity index (χ0n) is 24.9. The molecule has 0 N–H and O–H groups in total. The van der Waals surface area contributed by atoms with Gasteiger partial charge in [0.1, 0.15) is 18.3 Å². The van der Waals surface area contributed by atoms with Gasteiger partial charge in [0.05, 0.1) is 38.6 Å². The Morgan fingerprint density at radius 3 is 1.57 bits per heavy atom.